The number of carbonyl (C=O) groups excluding carboxylic acids is 1. The van der Waals surface area contributed by atoms with E-state index in [1.807, 2.05) is 25.1 Å². The molecule has 1 aliphatic heterocycles. The lowest BCUT2D eigenvalue weighted by Gasteiger charge is -2.31. The van der Waals surface area contributed by atoms with Gasteiger partial charge in [-0.1, -0.05) is 11.2 Å². The number of likely N-dealkylation sites (tertiary alicyclic amines) is 1. The predicted octanol–water partition coefficient (Wildman–Crippen LogP) is 2.06. The summed E-state index contributed by atoms with van der Waals surface area (Å²) < 4.78 is 10.8. The van der Waals surface area contributed by atoms with Gasteiger partial charge in [-0.25, -0.2) is 4.98 Å². The van der Waals surface area contributed by atoms with E-state index in [-0.39, 0.29) is 17.8 Å². The lowest BCUT2D eigenvalue weighted by molar-refractivity contribution is 0.0551. The van der Waals surface area contributed by atoms with E-state index in [4.69, 9.17) is 9.26 Å². The van der Waals surface area contributed by atoms with Crippen molar-refractivity contribution in [1.82, 2.24) is 15.0 Å². The number of hydrogen-bond donors (Lipinski definition) is 0. The standard InChI is InChI=1S/C15H17N3O3/c1-11-3-2-4-14(17-11)20-12-6-9-18(10-7-12)15(19)13-5-8-16-21-13/h2-5,8,12H,6-7,9-10H2,1H3. The Bertz CT molecular complexity index is 604. The molecule has 0 aliphatic carbocycles. The molecule has 0 spiro atoms. The van der Waals surface area contributed by atoms with Crippen molar-refractivity contribution in [3.63, 3.8) is 0 Å². The molecule has 21 heavy (non-hydrogen) atoms. The number of hydrogen-bond acceptors (Lipinski definition) is 5. The highest BCUT2D eigenvalue weighted by Gasteiger charge is 2.26. The maximum absolute atomic E-state index is 12.1. The molecule has 3 rings (SSSR count). The lowest BCUT2D eigenvalue weighted by Crippen LogP contribution is -2.41. The maximum atomic E-state index is 12.1. The summed E-state index contributed by atoms with van der Waals surface area (Å²) in [6.45, 7) is 3.23. The highest BCUT2D eigenvalue weighted by atomic mass is 16.5. The van der Waals surface area contributed by atoms with Crippen molar-refractivity contribution < 1.29 is 14.1 Å². The fourth-order valence-corrected chi connectivity index (χ4v) is 2.41. The Labute approximate surface area is 122 Å². The summed E-state index contributed by atoms with van der Waals surface area (Å²) in [5.74, 6) is 0.823. The molecule has 1 amide bonds. The summed E-state index contributed by atoms with van der Waals surface area (Å²) in [5, 5.41) is 3.56. The summed E-state index contributed by atoms with van der Waals surface area (Å²) >= 11 is 0. The Morgan fingerprint density at radius 1 is 1.33 bits per heavy atom. The first-order valence-corrected chi connectivity index (χ1v) is 7.02. The minimum absolute atomic E-state index is 0.0954. The van der Waals surface area contributed by atoms with Crippen molar-refractivity contribution in [2.45, 2.75) is 25.9 Å². The molecular formula is C15H17N3O3. The average Bonchev–Trinajstić information content (AvgIpc) is 3.01. The Hall–Kier alpha value is -2.37. The number of nitrogens with zero attached hydrogens (tertiary/aromatic N) is 3. The van der Waals surface area contributed by atoms with Gasteiger partial charge < -0.3 is 14.2 Å². The Morgan fingerprint density at radius 3 is 2.81 bits per heavy atom. The second-order valence-corrected chi connectivity index (χ2v) is 5.10. The zero-order valence-corrected chi connectivity index (χ0v) is 11.9. The topological polar surface area (TPSA) is 68.5 Å². The van der Waals surface area contributed by atoms with Crippen molar-refractivity contribution in [3.05, 3.63) is 41.9 Å². The van der Waals surface area contributed by atoms with E-state index in [0.29, 0.717) is 19.0 Å². The zero-order chi connectivity index (χ0) is 14.7. The highest BCUT2D eigenvalue weighted by molar-refractivity contribution is 5.91. The summed E-state index contributed by atoms with van der Waals surface area (Å²) in [6, 6.07) is 7.31. The minimum Gasteiger partial charge on any atom is -0.474 e. The number of aromatic nitrogens is 2. The molecule has 0 aromatic carbocycles. The normalized spacial score (nSPS) is 16.0. The van der Waals surface area contributed by atoms with E-state index in [1.54, 1.807) is 11.0 Å². The number of rotatable bonds is 3. The van der Waals surface area contributed by atoms with Gasteiger partial charge in [0.25, 0.3) is 5.91 Å². The molecule has 0 radical (unpaired) electrons. The highest BCUT2D eigenvalue weighted by Crippen LogP contribution is 2.19. The SMILES string of the molecule is Cc1cccc(OC2CCN(C(=O)c3ccno3)CC2)n1. The first kappa shape index (κ1) is 13.6. The number of aryl methyl sites for hydroxylation is 1. The molecular weight excluding hydrogens is 270 g/mol. The van der Waals surface area contributed by atoms with E-state index in [1.165, 1.54) is 6.20 Å². The van der Waals surface area contributed by atoms with Crippen molar-refractivity contribution in [3.8, 4) is 5.88 Å². The molecule has 0 bridgehead atoms. The summed E-state index contributed by atoms with van der Waals surface area (Å²) in [4.78, 5) is 18.2. The van der Waals surface area contributed by atoms with Crippen molar-refractivity contribution in [2.24, 2.45) is 0 Å². The van der Waals surface area contributed by atoms with E-state index in [9.17, 15) is 4.79 Å². The van der Waals surface area contributed by atoms with Crippen LogP contribution in [-0.2, 0) is 0 Å². The van der Waals surface area contributed by atoms with Crippen molar-refractivity contribution >= 4 is 5.91 Å². The molecule has 2 aromatic rings. The zero-order valence-electron chi connectivity index (χ0n) is 11.9. The van der Waals surface area contributed by atoms with Gasteiger partial charge in [0.05, 0.1) is 6.20 Å². The third kappa shape index (κ3) is 3.21. The molecule has 0 saturated carbocycles. The van der Waals surface area contributed by atoms with Crippen LogP contribution >= 0.6 is 0 Å². The predicted molar refractivity (Wildman–Crippen MR) is 75.0 cm³/mol. The van der Waals surface area contributed by atoms with Gasteiger partial charge in [-0.05, 0) is 13.0 Å². The number of ether oxygens (including phenoxy) is 1. The molecule has 1 fully saturated rings. The number of carbonyl (C=O) groups is 1. The van der Waals surface area contributed by atoms with Gasteiger partial charge in [0.1, 0.15) is 6.10 Å². The molecule has 0 unspecified atom stereocenters. The summed E-state index contributed by atoms with van der Waals surface area (Å²) in [7, 11) is 0. The number of piperidine rings is 1. The fraction of sp³-hybridized carbons (Fsp3) is 0.400. The molecule has 0 N–H and O–H groups in total. The van der Waals surface area contributed by atoms with Crippen LogP contribution in [0, 0.1) is 6.92 Å². The average molecular weight is 287 g/mol. The van der Waals surface area contributed by atoms with Crippen LogP contribution < -0.4 is 4.74 Å². The van der Waals surface area contributed by atoms with Gasteiger partial charge >= 0.3 is 0 Å². The molecule has 110 valence electrons. The van der Waals surface area contributed by atoms with E-state index < -0.39 is 0 Å². The molecule has 6 nitrogen and oxygen atoms in total. The molecule has 2 aromatic heterocycles. The van der Waals surface area contributed by atoms with E-state index >= 15 is 0 Å². The largest absolute Gasteiger partial charge is 0.474 e. The molecule has 1 aliphatic rings. The van der Waals surface area contributed by atoms with Gasteiger partial charge in [0, 0.05) is 43.8 Å². The number of pyridine rings is 1. The molecule has 1 saturated heterocycles. The summed E-state index contributed by atoms with van der Waals surface area (Å²) in [6.07, 6.45) is 3.15. The van der Waals surface area contributed by atoms with Gasteiger partial charge in [-0.3, -0.25) is 4.79 Å². The van der Waals surface area contributed by atoms with Gasteiger partial charge in [0.2, 0.25) is 11.6 Å². The third-order valence-corrected chi connectivity index (χ3v) is 3.53. The van der Waals surface area contributed by atoms with Gasteiger partial charge in [-0.2, -0.15) is 0 Å². The van der Waals surface area contributed by atoms with Gasteiger partial charge in [-0.15, -0.1) is 0 Å². The Kier molecular flexibility index (Phi) is 3.85. The quantitative estimate of drug-likeness (QED) is 0.864. The van der Waals surface area contributed by atoms with Crippen LogP contribution in [0.1, 0.15) is 29.1 Å². The first-order valence-electron chi connectivity index (χ1n) is 7.02. The van der Waals surface area contributed by atoms with Gasteiger partial charge in [0.15, 0.2) is 0 Å². The fourth-order valence-electron chi connectivity index (χ4n) is 2.41. The van der Waals surface area contributed by atoms with E-state index in [0.717, 1.165) is 18.5 Å². The molecule has 0 atom stereocenters. The first-order chi connectivity index (χ1) is 10.2. The minimum atomic E-state index is -0.111. The Morgan fingerprint density at radius 2 is 2.14 bits per heavy atom. The summed E-state index contributed by atoms with van der Waals surface area (Å²) in [5.41, 5.74) is 0.936. The number of amides is 1. The second-order valence-electron chi connectivity index (χ2n) is 5.10. The monoisotopic (exact) mass is 287 g/mol. The lowest BCUT2D eigenvalue weighted by atomic mass is 10.1. The second kappa shape index (κ2) is 5.95. The van der Waals surface area contributed by atoms with E-state index in [2.05, 4.69) is 10.1 Å². The molecule has 3 heterocycles. The molecule has 6 heteroatoms. The van der Waals surface area contributed by atoms with Crippen LogP contribution in [-0.4, -0.2) is 40.1 Å². The smallest absolute Gasteiger partial charge is 0.292 e. The van der Waals surface area contributed by atoms with Crippen LogP contribution in [0.5, 0.6) is 5.88 Å². The van der Waals surface area contributed by atoms with Crippen LogP contribution in [0.3, 0.4) is 0 Å². The van der Waals surface area contributed by atoms with Crippen molar-refractivity contribution in [2.75, 3.05) is 13.1 Å². The van der Waals surface area contributed by atoms with Crippen molar-refractivity contribution in [1.29, 1.82) is 0 Å². The van der Waals surface area contributed by atoms with Crippen LogP contribution in [0.2, 0.25) is 0 Å². The maximum Gasteiger partial charge on any atom is 0.292 e. The van der Waals surface area contributed by atoms with Crippen LogP contribution in [0.4, 0.5) is 0 Å². The van der Waals surface area contributed by atoms with Crippen LogP contribution in [0.25, 0.3) is 0 Å². The third-order valence-electron chi connectivity index (χ3n) is 3.53. The van der Waals surface area contributed by atoms with Crippen LogP contribution in [0.15, 0.2) is 35.0 Å². The Balaban J connectivity index is 1.54.